The average Bonchev–Trinajstić information content (AvgIpc) is 2.42. The highest BCUT2D eigenvalue weighted by molar-refractivity contribution is 5.34. The smallest absolute Gasteiger partial charge is 0.0633 e. The van der Waals surface area contributed by atoms with E-state index in [2.05, 4.69) is 43.4 Å². The van der Waals surface area contributed by atoms with Crippen molar-refractivity contribution < 1.29 is 10.2 Å². The monoisotopic (exact) mass is 263 g/mol. The zero-order valence-corrected chi connectivity index (χ0v) is 12.1. The summed E-state index contributed by atoms with van der Waals surface area (Å²) in [5.74, 6) is 0. The molecular formula is C16H25NO2. The Kier molecular flexibility index (Phi) is 4.00. The summed E-state index contributed by atoms with van der Waals surface area (Å²) in [6, 6.07) is 8.62. The molecular weight excluding hydrogens is 238 g/mol. The molecule has 3 N–H and O–H groups in total. The van der Waals surface area contributed by atoms with Crippen molar-refractivity contribution in [2.24, 2.45) is 5.41 Å². The molecule has 0 fully saturated rings. The van der Waals surface area contributed by atoms with Crippen LogP contribution in [0.5, 0.6) is 0 Å². The molecule has 19 heavy (non-hydrogen) atoms. The van der Waals surface area contributed by atoms with Gasteiger partial charge < -0.3 is 15.5 Å². The first-order valence-electron chi connectivity index (χ1n) is 6.99. The van der Waals surface area contributed by atoms with Crippen LogP contribution in [0.4, 0.5) is 0 Å². The Balaban J connectivity index is 2.36. The maximum absolute atomic E-state index is 9.51. The lowest BCUT2D eigenvalue weighted by atomic mass is 9.69. The van der Waals surface area contributed by atoms with Gasteiger partial charge in [0, 0.05) is 6.04 Å². The molecule has 1 atom stereocenters. The Labute approximate surface area is 115 Å². The first-order chi connectivity index (χ1) is 8.92. The van der Waals surface area contributed by atoms with Crippen molar-refractivity contribution >= 4 is 0 Å². The van der Waals surface area contributed by atoms with Gasteiger partial charge in [-0.1, -0.05) is 38.1 Å². The number of benzene rings is 1. The van der Waals surface area contributed by atoms with E-state index in [9.17, 15) is 10.2 Å². The minimum atomic E-state index is -0.646. The van der Waals surface area contributed by atoms with Crippen LogP contribution in [0.3, 0.4) is 0 Å². The average molecular weight is 263 g/mol. The second-order valence-corrected chi connectivity index (χ2v) is 6.64. The molecule has 0 bridgehead atoms. The second-order valence-electron chi connectivity index (χ2n) is 6.64. The van der Waals surface area contributed by atoms with E-state index < -0.39 is 5.54 Å². The molecule has 1 aromatic rings. The van der Waals surface area contributed by atoms with Crippen molar-refractivity contribution in [1.29, 1.82) is 0 Å². The van der Waals surface area contributed by atoms with Crippen LogP contribution < -0.4 is 5.32 Å². The molecule has 3 nitrogen and oxygen atoms in total. The summed E-state index contributed by atoms with van der Waals surface area (Å²) < 4.78 is 0. The Morgan fingerprint density at radius 1 is 1.26 bits per heavy atom. The lowest BCUT2D eigenvalue weighted by Crippen LogP contribution is -2.54. The molecule has 1 aliphatic rings. The van der Waals surface area contributed by atoms with E-state index in [1.807, 2.05) is 6.92 Å². The summed E-state index contributed by atoms with van der Waals surface area (Å²) >= 11 is 0. The Bertz CT molecular complexity index is 438. The highest BCUT2D eigenvalue weighted by atomic mass is 16.3. The molecule has 1 aromatic carbocycles. The summed E-state index contributed by atoms with van der Waals surface area (Å²) in [4.78, 5) is 0. The zero-order valence-electron chi connectivity index (χ0n) is 12.1. The van der Waals surface area contributed by atoms with E-state index in [-0.39, 0.29) is 24.7 Å². The van der Waals surface area contributed by atoms with Crippen LogP contribution in [0.1, 0.15) is 44.4 Å². The summed E-state index contributed by atoms with van der Waals surface area (Å²) in [5, 5.41) is 22.5. The third-order valence-corrected chi connectivity index (χ3v) is 4.38. The molecule has 0 saturated carbocycles. The van der Waals surface area contributed by atoms with E-state index in [1.165, 1.54) is 11.1 Å². The van der Waals surface area contributed by atoms with Crippen LogP contribution in [0, 0.1) is 5.41 Å². The summed E-state index contributed by atoms with van der Waals surface area (Å²) in [7, 11) is 0. The van der Waals surface area contributed by atoms with Crippen molar-refractivity contribution in [1.82, 2.24) is 5.32 Å². The predicted molar refractivity (Wildman–Crippen MR) is 77.0 cm³/mol. The predicted octanol–water partition coefficient (Wildman–Crippen LogP) is 2.03. The normalized spacial score (nSPS) is 22.1. The maximum Gasteiger partial charge on any atom is 0.0633 e. The van der Waals surface area contributed by atoms with Gasteiger partial charge in [0.25, 0.3) is 0 Å². The lowest BCUT2D eigenvalue weighted by Gasteiger charge is -2.45. The summed E-state index contributed by atoms with van der Waals surface area (Å²) in [6.45, 7) is 6.21. The van der Waals surface area contributed by atoms with Crippen LogP contribution in [0.25, 0.3) is 0 Å². The lowest BCUT2D eigenvalue weighted by molar-refractivity contribution is 0.0664. The molecule has 0 heterocycles. The standard InChI is InChI=1S/C16H25NO2/c1-15(2)9-8-12-6-4-5-7-13(12)14(15)17-16(3,10-18)11-19/h4-7,14,17-19H,8-11H2,1-3H3. The van der Waals surface area contributed by atoms with Crippen LogP contribution in [0.2, 0.25) is 0 Å². The van der Waals surface area contributed by atoms with Gasteiger partial charge in [0.1, 0.15) is 0 Å². The summed E-state index contributed by atoms with van der Waals surface area (Å²) in [6.07, 6.45) is 2.20. The van der Waals surface area contributed by atoms with Crippen LogP contribution in [-0.4, -0.2) is 29.0 Å². The fourth-order valence-corrected chi connectivity index (χ4v) is 2.83. The fraction of sp³-hybridized carbons (Fsp3) is 0.625. The van der Waals surface area contributed by atoms with E-state index in [4.69, 9.17) is 0 Å². The van der Waals surface area contributed by atoms with Crippen molar-refractivity contribution in [3.63, 3.8) is 0 Å². The number of aliphatic hydroxyl groups is 2. The number of fused-ring (bicyclic) bond motifs is 1. The van der Waals surface area contributed by atoms with Crippen molar-refractivity contribution in [3.05, 3.63) is 35.4 Å². The number of nitrogens with one attached hydrogen (secondary N) is 1. The van der Waals surface area contributed by atoms with Crippen LogP contribution in [0.15, 0.2) is 24.3 Å². The molecule has 0 aliphatic heterocycles. The van der Waals surface area contributed by atoms with Crippen LogP contribution >= 0.6 is 0 Å². The third kappa shape index (κ3) is 2.83. The Morgan fingerprint density at radius 3 is 2.53 bits per heavy atom. The molecule has 0 amide bonds. The molecule has 0 radical (unpaired) electrons. The molecule has 106 valence electrons. The first kappa shape index (κ1) is 14.5. The van der Waals surface area contributed by atoms with Crippen molar-refractivity contribution in [3.8, 4) is 0 Å². The quantitative estimate of drug-likeness (QED) is 0.779. The second kappa shape index (κ2) is 5.23. The molecule has 3 heteroatoms. The van der Waals surface area contributed by atoms with Crippen molar-refractivity contribution in [2.75, 3.05) is 13.2 Å². The van der Waals surface area contributed by atoms with Gasteiger partial charge in [0.15, 0.2) is 0 Å². The van der Waals surface area contributed by atoms with Gasteiger partial charge in [0.05, 0.1) is 18.8 Å². The van der Waals surface area contributed by atoms with Gasteiger partial charge in [-0.15, -0.1) is 0 Å². The minimum Gasteiger partial charge on any atom is -0.394 e. The molecule has 2 rings (SSSR count). The van der Waals surface area contributed by atoms with E-state index in [1.54, 1.807) is 0 Å². The van der Waals surface area contributed by atoms with E-state index >= 15 is 0 Å². The van der Waals surface area contributed by atoms with Crippen LogP contribution in [-0.2, 0) is 6.42 Å². The van der Waals surface area contributed by atoms with E-state index in [0.29, 0.717) is 0 Å². The Hall–Kier alpha value is -0.900. The highest BCUT2D eigenvalue weighted by Gasteiger charge is 2.39. The number of hydrogen-bond donors (Lipinski definition) is 3. The molecule has 1 aliphatic carbocycles. The molecule has 0 aromatic heterocycles. The topological polar surface area (TPSA) is 52.5 Å². The van der Waals surface area contributed by atoms with Crippen molar-refractivity contribution in [2.45, 2.75) is 45.2 Å². The van der Waals surface area contributed by atoms with Gasteiger partial charge in [-0.2, -0.15) is 0 Å². The molecule has 0 spiro atoms. The van der Waals surface area contributed by atoms with Gasteiger partial charge in [0.2, 0.25) is 0 Å². The number of hydrogen-bond acceptors (Lipinski definition) is 3. The number of aliphatic hydroxyl groups excluding tert-OH is 2. The third-order valence-electron chi connectivity index (χ3n) is 4.38. The maximum atomic E-state index is 9.51. The SMILES string of the molecule is CC(CO)(CO)NC1c2ccccc2CCC1(C)C. The fourth-order valence-electron chi connectivity index (χ4n) is 2.83. The minimum absolute atomic E-state index is 0.0712. The summed E-state index contributed by atoms with van der Waals surface area (Å²) in [5.41, 5.74) is 2.14. The van der Waals surface area contributed by atoms with Gasteiger partial charge in [-0.25, -0.2) is 0 Å². The molecule has 0 saturated heterocycles. The molecule has 1 unspecified atom stereocenters. The highest BCUT2D eigenvalue weighted by Crippen LogP contribution is 2.44. The number of rotatable bonds is 4. The van der Waals surface area contributed by atoms with Gasteiger partial charge in [-0.05, 0) is 36.3 Å². The largest absolute Gasteiger partial charge is 0.394 e. The van der Waals surface area contributed by atoms with E-state index in [0.717, 1.165) is 12.8 Å². The number of aryl methyl sites for hydroxylation is 1. The van der Waals surface area contributed by atoms with Gasteiger partial charge >= 0.3 is 0 Å². The Morgan fingerprint density at radius 2 is 1.89 bits per heavy atom. The van der Waals surface area contributed by atoms with Gasteiger partial charge in [-0.3, -0.25) is 0 Å². The zero-order chi connectivity index (χ0) is 14.1. The first-order valence-corrected chi connectivity index (χ1v) is 6.99.